The molecule has 0 rings (SSSR count). The molecular formula is C40H75NO4. The van der Waals surface area contributed by atoms with Crippen molar-refractivity contribution in [1.29, 1.82) is 0 Å². The van der Waals surface area contributed by atoms with E-state index in [1.54, 1.807) is 0 Å². The molecule has 0 aromatic carbocycles. The highest BCUT2D eigenvalue weighted by molar-refractivity contribution is 5.71. The fourth-order valence-corrected chi connectivity index (χ4v) is 5.50. The minimum Gasteiger partial charge on any atom is -0.425 e. The van der Waals surface area contributed by atoms with Gasteiger partial charge in [0.15, 0.2) is 0 Å². The van der Waals surface area contributed by atoms with Gasteiger partial charge in [-0.05, 0) is 71.3 Å². The van der Waals surface area contributed by atoms with E-state index in [0.29, 0.717) is 25.8 Å². The lowest BCUT2D eigenvalue weighted by Crippen LogP contribution is -2.28. The molecule has 0 aromatic heterocycles. The lowest BCUT2D eigenvalue weighted by molar-refractivity contribution is -0.188. The van der Waals surface area contributed by atoms with E-state index >= 15 is 0 Å². The number of esters is 2. The van der Waals surface area contributed by atoms with Crippen molar-refractivity contribution in [1.82, 2.24) is 5.32 Å². The average molecular weight is 634 g/mol. The molecule has 0 fully saturated rings. The molecule has 264 valence electrons. The molecule has 5 heteroatoms. The second-order valence-corrected chi connectivity index (χ2v) is 13.0. The summed E-state index contributed by atoms with van der Waals surface area (Å²) in [6, 6.07) is 0. The van der Waals surface area contributed by atoms with Crippen LogP contribution in [0.25, 0.3) is 0 Å². The Labute approximate surface area is 280 Å². The largest absolute Gasteiger partial charge is 0.425 e. The van der Waals surface area contributed by atoms with E-state index in [2.05, 4.69) is 43.5 Å². The number of rotatable bonds is 35. The Bertz CT molecular complexity index is 636. The van der Waals surface area contributed by atoms with E-state index in [1.165, 1.54) is 116 Å². The van der Waals surface area contributed by atoms with Crippen LogP contribution in [-0.4, -0.2) is 31.8 Å². The predicted octanol–water partition coefficient (Wildman–Crippen LogP) is 12.1. The number of hydrogen-bond acceptors (Lipinski definition) is 5. The van der Waals surface area contributed by atoms with Gasteiger partial charge in [0.25, 0.3) is 0 Å². The smallest absolute Gasteiger partial charge is 0.308 e. The zero-order valence-electron chi connectivity index (χ0n) is 30.2. The zero-order chi connectivity index (χ0) is 32.9. The molecular weight excluding hydrogens is 558 g/mol. The fourth-order valence-electron chi connectivity index (χ4n) is 5.50. The van der Waals surface area contributed by atoms with E-state index in [0.717, 1.165) is 51.4 Å². The number of carbonyl (C=O) groups excluding carboxylic acids is 2. The predicted molar refractivity (Wildman–Crippen MR) is 193 cm³/mol. The van der Waals surface area contributed by atoms with Crippen molar-refractivity contribution in [3.63, 3.8) is 0 Å². The van der Waals surface area contributed by atoms with Crippen molar-refractivity contribution in [3.05, 3.63) is 24.3 Å². The summed E-state index contributed by atoms with van der Waals surface area (Å²) in [7, 11) is 1.84. The standard InChI is InChI=1S/C40H75NO4/c1-4-6-8-10-12-14-16-18-20-22-24-26-28-30-32-34-38(42)44-40(36-37-41-3)45-39(43)35-33-31-29-27-25-23-21-19-17-15-13-11-9-7-5-2/h18-21,40-41H,4-17,22-37H2,1-3H3/b20-18-,21-19-. The SMILES string of the molecule is CCCCCCCC/C=C\CCCCCCCC(=O)OC(CCNC)OC(=O)CCCCCCC/C=C\CCCCCCCC. The molecule has 0 saturated carbocycles. The lowest BCUT2D eigenvalue weighted by Gasteiger charge is -2.18. The van der Waals surface area contributed by atoms with Gasteiger partial charge >= 0.3 is 11.9 Å². The van der Waals surface area contributed by atoms with Crippen molar-refractivity contribution in [2.45, 2.75) is 206 Å². The molecule has 0 amide bonds. The second kappa shape index (κ2) is 36.8. The third-order valence-corrected chi connectivity index (χ3v) is 8.44. The van der Waals surface area contributed by atoms with Gasteiger partial charge in [0, 0.05) is 25.8 Å². The molecule has 0 atom stereocenters. The molecule has 0 spiro atoms. The Morgan fingerprint density at radius 1 is 0.489 bits per heavy atom. The van der Waals surface area contributed by atoms with Gasteiger partial charge in [0.1, 0.15) is 0 Å². The molecule has 0 bridgehead atoms. The summed E-state index contributed by atoms with van der Waals surface area (Å²) in [4.78, 5) is 24.8. The van der Waals surface area contributed by atoms with Crippen LogP contribution in [0, 0.1) is 0 Å². The van der Waals surface area contributed by atoms with Crippen molar-refractivity contribution in [2.24, 2.45) is 0 Å². The molecule has 0 aliphatic heterocycles. The van der Waals surface area contributed by atoms with E-state index in [1.807, 2.05) is 7.05 Å². The van der Waals surface area contributed by atoms with E-state index < -0.39 is 6.29 Å². The highest BCUT2D eigenvalue weighted by atomic mass is 16.7. The van der Waals surface area contributed by atoms with Crippen LogP contribution in [-0.2, 0) is 19.1 Å². The number of carbonyl (C=O) groups is 2. The normalized spacial score (nSPS) is 11.7. The first-order valence-electron chi connectivity index (χ1n) is 19.5. The highest BCUT2D eigenvalue weighted by Crippen LogP contribution is 2.14. The van der Waals surface area contributed by atoms with Crippen LogP contribution < -0.4 is 5.32 Å². The van der Waals surface area contributed by atoms with Gasteiger partial charge in [0.2, 0.25) is 6.29 Å². The summed E-state index contributed by atoms with van der Waals surface area (Å²) in [6.45, 7) is 5.16. The first-order valence-corrected chi connectivity index (χ1v) is 19.5. The van der Waals surface area contributed by atoms with Gasteiger partial charge in [-0.1, -0.05) is 141 Å². The summed E-state index contributed by atoms with van der Waals surface area (Å²) in [5.41, 5.74) is 0. The van der Waals surface area contributed by atoms with E-state index in [9.17, 15) is 9.59 Å². The Kier molecular flexibility index (Phi) is 35.5. The Morgan fingerprint density at radius 3 is 1.13 bits per heavy atom. The average Bonchev–Trinajstić information content (AvgIpc) is 3.03. The van der Waals surface area contributed by atoms with Gasteiger partial charge in [-0.3, -0.25) is 9.59 Å². The number of nitrogens with one attached hydrogen (secondary N) is 1. The molecule has 0 radical (unpaired) electrons. The summed E-state index contributed by atoms with van der Waals surface area (Å²) >= 11 is 0. The molecule has 5 nitrogen and oxygen atoms in total. The van der Waals surface area contributed by atoms with Gasteiger partial charge in [0.05, 0.1) is 0 Å². The molecule has 0 aromatic rings. The molecule has 0 aliphatic carbocycles. The minimum atomic E-state index is -0.788. The maximum Gasteiger partial charge on any atom is 0.308 e. The number of allylic oxidation sites excluding steroid dienone is 4. The van der Waals surface area contributed by atoms with E-state index in [4.69, 9.17) is 9.47 Å². The van der Waals surface area contributed by atoms with Crippen LogP contribution >= 0.6 is 0 Å². The van der Waals surface area contributed by atoms with Crippen molar-refractivity contribution in [3.8, 4) is 0 Å². The van der Waals surface area contributed by atoms with E-state index in [-0.39, 0.29) is 11.9 Å². The third kappa shape index (κ3) is 35.1. The maximum atomic E-state index is 12.4. The monoisotopic (exact) mass is 634 g/mol. The quantitative estimate of drug-likeness (QED) is 0.0325. The first kappa shape index (κ1) is 43.4. The van der Waals surface area contributed by atoms with Crippen LogP contribution in [0.4, 0.5) is 0 Å². The summed E-state index contributed by atoms with van der Waals surface area (Å²) in [5, 5.41) is 3.05. The van der Waals surface area contributed by atoms with Crippen molar-refractivity contribution >= 4 is 11.9 Å². The van der Waals surface area contributed by atoms with Crippen molar-refractivity contribution in [2.75, 3.05) is 13.6 Å². The van der Waals surface area contributed by atoms with Crippen LogP contribution in [0.5, 0.6) is 0 Å². The molecule has 1 N–H and O–H groups in total. The zero-order valence-corrected chi connectivity index (χ0v) is 30.2. The molecule has 0 unspecified atom stereocenters. The van der Waals surface area contributed by atoms with Crippen molar-refractivity contribution < 1.29 is 19.1 Å². The van der Waals surface area contributed by atoms with Gasteiger partial charge in [-0.2, -0.15) is 0 Å². The van der Waals surface area contributed by atoms with Crippen LogP contribution in [0.15, 0.2) is 24.3 Å². The van der Waals surface area contributed by atoms with Crippen LogP contribution in [0.2, 0.25) is 0 Å². The summed E-state index contributed by atoms with van der Waals surface area (Å²) in [6.07, 6.45) is 41.8. The topological polar surface area (TPSA) is 64.6 Å². The fraction of sp³-hybridized carbons (Fsp3) is 0.850. The number of hydrogen-bond donors (Lipinski definition) is 1. The summed E-state index contributed by atoms with van der Waals surface area (Å²) in [5.74, 6) is -0.523. The molecule has 45 heavy (non-hydrogen) atoms. The second-order valence-electron chi connectivity index (χ2n) is 13.0. The number of unbranched alkanes of at least 4 members (excludes halogenated alkanes) is 22. The molecule has 0 aliphatic rings. The number of ether oxygens (including phenoxy) is 2. The summed E-state index contributed by atoms with van der Waals surface area (Å²) < 4.78 is 11.1. The van der Waals surface area contributed by atoms with Gasteiger partial charge in [-0.25, -0.2) is 0 Å². The molecule has 0 saturated heterocycles. The van der Waals surface area contributed by atoms with Gasteiger partial charge < -0.3 is 14.8 Å². The lowest BCUT2D eigenvalue weighted by atomic mass is 10.1. The Hall–Kier alpha value is -1.62. The maximum absolute atomic E-state index is 12.4. The first-order chi connectivity index (χ1) is 22.1. The minimum absolute atomic E-state index is 0.262. The third-order valence-electron chi connectivity index (χ3n) is 8.44. The highest BCUT2D eigenvalue weighted by Gasteiger charge is 2.18. The van der Waals surface area contributed by atoms with Crippen LogP contribution in [0.1, 0.15) is 200 Å². The Balaban J connectivity index is 3.79. The van der Waals surface area contributed by atoms with Gasteiger partial charge in [-0.15, -0.1) is 0 Å². The van der Waals surface area contributed by atoms with Crippen LogP contribution in [0.3, 0.4) is 0 Å². The Morgan fingerprint density at radius 2 is 0.800 bits per heavy atom. The molecule has 0 heterocycles.